The van der Waals surface area contributed by atoms with E-state index in [9.17, 15) is 19.5 Å². The third-order valence-corrected chi connectivity index (χ3v) is 9.01. The number of hydrogen-bond acceptors (Lipinski definition) is 8. The highest BCUT2D eigenvalue weighted by Crippen LogP contribution is 2.64. The molecule has 4 aliphatic heterocycles. The second-order valence-electron chi connectivity index (χ2n) is 11.1. The second-order valence-corrected chi connectivity index (χ2v) is 11.1. The van der Waals surface area contributed by atoms with Crippen LogP contribution in [0.2, 0.25) is 0 Å². The third kappa shape index (κ3) is 5.53. The van der Waals surface area contributed by atoms with E-state index in [1.807, 2.05) is 13.0 Å². The molecule has 4 fully saturated rings. The summed E-state index contributed by atoms with van der Waals surface area (Å²) in [7, 11) is 0. The van der Waals surface area contributed by atoms with Gasteiger partial charge in [0.2, 0.25) is 11.8 Å². The lowest BCUT2D eigenvalue weighted by molar-refractivity contribution is -0.162. The number of ether oxygens (including phenoxy) is 3. The number of carbonyl (C=O) groups excluding carboxylic acids is 3. The summed E-state index contributed by atoms with van der Waals surface area (Å²) in [4.78, 5) is 47.1. The molecule has 5 atom stereocenters. The van der Waals surface area contributed by atoms with Crippen molar-refractivity contribution in [3.63, 3.8) is 0 Å². The Morgan fingerprint density at radius 1 is 1.18 bits per heavy atom. The van der Waals surface area contributed by atoms with E-state index < -0.39 is 35.0 Å². The molecular weight excluding hydrogens is 502 g/mol. The number of rotatable bonds is 15. The Labute approximate surface area is 231 Å². The molecule has 4 rings (SSSR count). The maximum atomic E-state index is 14.3. The summed E-state index contributed by atoms with van der Waals surface area (Å²) in [6, 6.07) is -0.911. The third-order valence-electron chi connectivity index (χ3n) is 9.01. The van der Waals surface area contributed by atoms with E-state index in [1.165, 1.54) is 4.90 Å². The molecule has 4 heterocycles. The molecular formula is C29H45N3O7. The average molecular weight is 548 g/mol. The fraction of sp³-hybridized carbons (Fsp3) is 0.759. The maximum absolute atomic E-state index is 14.3. The largest absolute Gasteiger partial charge is 0.465 e. The van der Waals surface area contributed by atoms with Crippen molar-refractivity contribution in [2.45, 2.75) is 62.7 Å². The molecule has 4 aliphatic rings. The normalized spacial score (nSPS) is 31.8. The minimum Gasteiger partial charge on any atom is -0.465 e. The lowest BCUT2D eigenvalue weighted by Crippen LogP contribution is -2.57. The summed E-state index contributed by atoms with van der Waals surface area (Å²) in [5.41, 5.74) is -1.95. The first-order chi connectivity index (χ1) is 18.9. The first-order valence-electron chi connectivity index (χ1n) is 14.5. The number of aliphatic hydroxyl groups is 1. The molecule has 1 spiro atoms. The highest BCUT2D eigenvalue weighted by molar-refractivity contribution is 5.98. The van der Waals surface area contributed by atoms with E-state index in [2.05, 4.69) is 18.1 Å². The van der Waals surface area contributed by atoms with Gasteiger partial charge in [0.25, 0.3) is 0 Å². The van der Waals surface area contributed by atoms with Crippen LogP contribution in [-0.4, -0.2) is 121 Å². The van der Waals surface area contributed by atoms with Crippen molar-refractivity contribution < 1.29 is 33.7 Å². The molecule has 2 unspecified atom stereocenters. The number of nitrogens with zero attached hydrogens (tertiary/aromatic N) is 3. The zero-order valence-corrected chi connectivity index (χ0v) is 23.4. The smallest absolute Gasteiger partial charge is 0.312 e. The fourth-order valence-electron chi connectivity index (χ4n) is 7.06. The molecule has 0 saturated carbocycles. The Hall–Kier alpha value is -2.27. The van der Waals surface area contributed by atoms with E-state index in [0.717, 1.165) is 25.9 Å². The minimum atomic E-state index is -1.12. The van der Waals surface area contributed by atoms with Crippen molar-refractivity contribution in [2.75, 3.05) is 65.7 Å². The molecule has 2 bridgehead atoms. The zero-order chi connectivity index (χ0) is 28.0. The van der Waals surface area contributed by atoms with Crippen molar-refractivity contribution in [1.82, 2.24) is 14.7 Å². The summed E-state index contributed by atoms with van der Waals surface area (Å²) in [6.45, 7) is 13.9. The van der Waals surface area contributed by atoms with Crippen LogP contribution in [0, 0.1) is 11.8 Å². The average Bonchev–Trinajstić information content (AvgIpc) is 3.55. The van der Waals surface area contributed by atoms with Crippen LogP contribution in [0.3, 0.4) is 0 Å². The van der Waals surface area contributed by atoms with Crippen LogP contribution < -0.4 is 0 Å². The van der Waals surface area contributed by atoms with Crippen LogP contribution in [-0.2, 0) is 28.6 Å². The predicted octanol–water partition coefficient (Wildman–Crippen LogP) is 1.38. The van der Waals surface area contributed by atoms with Gasteiger partial charge in [0.05, 0.1) is 37.9 Å². The van der Waals surface area contributed by atoms with Crippen molar-refractivity contribution in [1.29, 1.82) is 0 Å². The van der Waals surface area contributed by atoms with Crippen LogP contribution in [0.5, 0.6) is 0 Å². The Morgan fingerprint density at radius 2 is 1.95 bits per heavy atom. The van der Waals surface area contributed by atoms with Crippen LogP contribution in [0.15, 0.2) is 25.3 Å². The Bertz CT molecular complexity index is 923. The number of unbranched alkanes of at least 4 members (excludes halogenated alkanes) is 2. The molecule has 0 aromatic rings. The number of aliphatic hydroxyl groups excluding tert-OH is 1. The lowest BCUT2D eigenvalue weighted by Gasteiger charge is -2.37. The molecule has 0 aromatic carbocycles. The molecule has 0 radical (unpaired) electrons. The van der Waals surface area contributed by atoms with Crippen LogP contribution in [0.1, 0.15) is 45.4 Å². The quantitative estimate of drug-likeness (QED) is 0.186. The maximum Gasteiger partial charge on any atom is 0.312 e. The van der Waals surface area contributed by atoms with Gasteiger partial charge in [-0.2, -0.15) is 0 Å². The summed E-state index contributed by atoms with van der Waals surface area (Å²) >= 11 is 0. The van der Waals surface area contributed by atoms with Gasteiger partial charge < -0.3 is 29.1 Å². The standard InChI is InChI=1S/C29H45N3O7/c1-4-7-8-9-19-38-27(36)23-22-25(34)32(15-18-33)24(29(22)11-10-28(23,6-3)39-29)26(35)31(12-5-2)14-13-30-16-20-37-21-17-30/h4-5,22-24,33H,1-2,6-21H2,3H3/t22-,23-,24?,28+,29?/m0/s1. The topological polar surface area (TPSA) is 109 Å². The van der Waals surface area contributed by atoms with Crippen LogP contribution in [0.25, 0.3) is 0 Å². The van der Waals surface area contributed by atoms with E-state index in [4.69, 9.17) is 14.2 Å². The number of allylic oxidation sites excluding steroid dienone is 1. The molecule has 4 saturated heterocycles. The first kappa shape index (κ1) is 29.7. The molecule has 2 amide bonds. The van der Waals surface area contributed by atoms with Gasteiger partial charge in [-0.1, -0.05) is 19.1 Å². The van der Waals surface area contributed by atoms with Crippen molar-refractivity contribution in [3.05, 3.63) is 25.3 Å². The second kappa shape index (κ2) is 12.9. The molecule has 39 heavy (non-hydrogen) atoms. The number of hydrogen-bond donors (Lipinski definition) is 1. The number of fused-ring (bicyclic) bond motifs is 1. The monoisotopic (exact) mass is 547 g/mol. The van der Waals surface area contributed by atoms with E-state index in [-0.39, 0.29) is 31.6 Å². The number of carbonyl (C=O) groups is 3. The highest BCUT2D eigenvalue weighted by Gasteiger charge is 2.79. The number of morpholine rings is 1. The van der Waals surface area contributed by atoms with E-state index in [1.54, 1.807) is 11.0 Å². The van der Waals surface area contributed by atoms with Crippen molar-refractivity contribution in [2.24, 2.45) is 11.8 Å². The SMILES string of the molecule is C=CCCCCOC(=O)[C@@H]1[C@H]2C(=O)N(CCO)C(C(=O)N(CC=C)CCN3CCOCC3)C23CC[C@@]1(CC)O3. The molecule has 1 N–H and O–H groups in total. The Balaban J connectivity index is 1.59. The zero-order valence-electron chi connectivity index (χ0n) is 23.4. The van der Waals surface area contributed by atoms with Crippen LogP contribution >= 0.6 is 0 Å². The van der Waals surface area contributed by atoms with Crippen LogP contribution in [0.4, 0.5) is 0 Å². The van der Waals surface area contributed by atoms with E-state index in [0.29, 0.717) is 58.5 Å². The van der Waals surface area contributed by atoms with Gasteiger partial charge in [-0.15, -0.1) is 13.2 Å². The van der Waals surface area contributed by atoms with Gasteiger partial charge in [-0.25, -0.2) is 0 Å². The molecule has 10 heteroatoms. The van der Waals surface area contributed by atoms with Gasteiger partial charge in [0.15, 0.2) is 0 Å². The fourth-order valence-corrected chi connectivity index (χ4v) is 7.06. The van der Waals surface area contributed by atoms with Gasteiger partial charge in [-0.3, -0.25) is 19.3 Å². The van der Waals surface area contributed by atoms with Gasteiger partial charge in [0.1, 0.15) is 17.6 Å². The summed E-state index contributed by atoms with van der Waals surface area (Å²) in [5.74, 6) is -2.54. The van der Waals surface area contributed by atoms with Gasteiger partial charge >= 0.3 is 5.97 Å². The van der Waals surface area contributed by atoms with Gasteiger partial charge in [-0.05, 0) is 38.5 Å². The first-order valence-corrected chi connectivity index (χ1v) is 14.5. The molecule has 218 valence electrons. The predicted molar refractivity (Wildman–Crippen MR) is 145 cm³/mol. The number of amides is 2. The number of esters is 1. The van der Waals surface area contributed by atoms with Crippen molar-refractivity contribution in [3.8, 4) is 0 Å². The van der Waals surface area contributed by atoms with E-state index >= 15 is 0 Å². The molecule has 0 aromatic heterocycles. The Morgan fingerprint density at radius 3 is 2.62 bits per heavy atom. The highest BCUT2D eigenvalue weighted by atomic mass is 16.6. The number of β-amino-alcohol motifs (C(OH)–C–C–N with tert-alkyl or cyclic N) is 1. The Kier molecular flexibility index (Phi) is 9.85. The molecule has 10 nitrogen and oxygen atoms in total. The summed E-state index contributed by atoms with van der Waals surface area (Å²) in [5, 5.41) is 9.86. The van der Waals surface area contributed by atoms with Crippen molar-refractivity contribution >= 4 is 17.8 Å². The number of likely N-dealkylation sites (tertiary alicyclic amines) is 1. The van der Waals surface area contributed by atoms with Gasteiger partial charge in [0, 0.05) is 39.3 Å². The molecule has 0 aliphatic carbocycles. The summed E-state index contributed by atoms with van der Waals surface area (Å²) in [6.07, 6.45) is 7.58. The lowest BCUT2D eigenvalue weighted by atomic mass is 9.65. The minimum absolute atomic E-state index is 0.00465. The summed E-state index contributed by atoms with van der Waals surface area (Å²) < 4.78 is 17.9.